The van der Waals surface area contributed by atoms with Gasteiger partial charge < -0.3 is 9.26 Å². The molecule has 0 spiro atoms. The number of thioether (sulfide) groups is 1. The molecule has 0 unspecified atom stereocenters. The zero-order chi connectivity index (χ0) is 19.4. The highest BCUT2D eigenvalue weighted by Crippen LogP contribution is 2.46. The number of carbonyl (C=O) groups is 1. The first-order chi connectivity index (χ1) is 13.0. The minimum atomic E-state index is -0.240. The summed E-state index contributed by atoms with van der Waals surface area (Å²) in [5, 5.41) is 7.18. The summed E-state index contributed by atoms with van der Waals surface area (Å²) in [5.74, 6) is 2.06. The molecule has 1 aromatic carbocycles. The van der Waals surface area contributed by atoms with Crippen LogP contribution < -0.4 is 10.1 Å². The summed E-state index contributed by atoms with van der Waals surface area (Å²) in [4.78, 5) is 13.8. The molecule has 0 saturated heterocycles. The van der Waals surface area contributed by atoms with Crippen LogP contribution in [0.3, 0.4) is 0 Å². The van der Waals surface area contributed by atoms with Gasteiger partial charge in [-0.25, -0.2) is 0 Å². The third-order valence-electron chi connectivity index (χ3n) is 5.59. The van der Waals surface area contributed by atoms with E-state index in [-0.39, 0.29) is 11.3 Å². The van der Waals surface area contributed by atoms with Crippen molar-refractivity contribution in [2.24, 2.45) is 5.92 Å². The second-order valence-electron chi connectivity index (χ2n) is 7.31. The van der Waals surface area contributed by atoms with Gasteiger partial charge in [0.05, 0.1) is 18.4 Å². The highest BCUT2D eigenvalue weighted by Gasteiger charge is 2.41. The number of amides is 1. The first-order valence-corrected chi connectivity index (χ1v) is 10.6. The Balaban J connectivity index is 1.85. The quantitative estimate of drug-likeness (QED) is 0.633. The molecule has 3 rings (SSSR count). The number of hydrogen-bond donors (Lipinski definition) is 1. The van der Waals surface area contributed by atoms with Gasteiger partial charge in [-0.05, 0) is 36.6 Å². The third-order valence-corrected chi connectivity index (χ3v) is 6.53. The SMILES string of the molecule is CCSc1cccc(OC)c1C(=O)Nc1cc(C2(C(C)C)CCCC2)no1. The van der Waals surface area contributed by atoms with Crippen LogP contribution in [0.5, 0.6) is 5.75 Å². The van der Waals surface area contributed by atoms with Crippen molar-refractivity contribution in [2.75, 3.05) is 18.2 Å². The lowest BCUT2D eigenvalue weighted by atomic mass is 9.73. The largest absolute Gasteiger partial charge is 0.496 e. The van der Waals surface area contributed by atoms with Crippen molar-refractivity contribution in [3.63, 3.8) is 0 Å². The minimum absolute atomic E-state index is 0.0557. The number of benzene rings is 1. The number of methoxy groups -OCH3 is 1. The topological polar surface area (TPSA) is 64.4 Å². The van der Waals surface area contributed by atoms with Gasteiger partial charge in [-0.2, -0.15) is 0 Å². The Morgan fingerprint density at radius 1 is 1.37 bits per heavy atom. The third kappa shape index (κ3) is 3.86. The molecule has 1 aliphatic rings. The van der Waals surface area contributed by atoms with Crippen molar-refractivity contribution in [1.82, 2.24) is 5.16 Å². The molecule has 1 heterocycles. The summed E-state index contributed by atoms with van der Waals surface area (Å²) in [7, 11) is 1.57. The van der Waals surface area contributed by atoms with Gasteiger partial charge in [0.1, 0.15) is 5.75 Å². The summed E-state index contributed by atoms with van der Waals surface area (Å²) in [5.41, 5.74) is 1.54. The molecule has 1 fully saturated rings. The molecule has 1 aliphatic carbocycles. The van der Waals surface area contributed by atoms with Crippen molar-refractivity contribution in [2.45, 2.75) is 56.8 Å². The number of nitrogens with one attached hydrogen (secondary N) is 1. The Morgan fingerprint density at radius 2 is 2.11 bits per heavy atom. The van der Waals surface area contributed by atoms with Gasteiger partial charge in [-0.15, -0.1) is 11.8 Å². The van der Waals surface area contributed by atoms with Gasteiger partial charge >= 0.3 is 0 Å². The molecule has 1 aromatic heterocycles. The van der Waals surface area contributed by atoms with E-state index in [4.69, 9.17) is 9.26 Å². The van der Waals surface area contributed by atoms with E-state index < -0.39 is 0 Å². The molecular weight excluding hydrogens is 360 g/mol. The van der Waals surface area contributed by atoms with E-state index in [1.165, 1.54) is 12.8 Å². The highest BCUT2D eigenvalue weighted by atomic mass is 32.2. The van der Waals surface area contributed by atoms with Gasteiger partial charge in [0.2, 0.25) is 5.88 Å². The van der Waals surface area contributed by atoms with E-state index in [0.29, 0.717) is 23.1 Å². The smallest absolute Gasteiger partial charge is 0.262 e. The van der Waals surface area contributed by atoms with Crippen molar-refractivity contribution in [3.05, 3.63) is 35.5 Å². The first-order valence-electron chi connectivity index (χ1n) is 9.60. The van der Waals surface area contributed by atoms with Crippen LogP contribution in [0.25, 0.3) is 0 Å². The summed E-state index contributed by atoms with van der Waals surface area (Å²) in [6, 6.07) is 7.52. The molecule has 0 atom stereocenters. The minimum Gasteiger partial charge on any atom is -0.496 e. The molecule has 0 radical (unpaired) electrons. The molecule has 2 aromatic rings. The lowest BCUT2D eigenvalue weighted by Gasteiger charge is -2.30. The average Bonchev–Trinajstić information content (AvgIpc) is 3.31. The second kappa shape index (κ2) is 8.38. The van der Waals surface area contributed by atoms with Crippen molar-refractivity contribution >= 4 is 23.6 Å². The number of anilines is 1. The van der Waals surface area contributed by atoms with Gasteiger partial charge in [0, 0.05) is 16.4 Å². The molecule has 6 heteroatoms. The van der Waals surface area contributed by atoms with E-state index in [0.717, 1.165) is 29.2 Å². The number of rotatable bonds is 7. The number of hydrogen-bond acceptors (Lipinski definition) is 5. The van der Waals surface area contributed by atoms with Crippen LogP contribution in [0.15, 0.2) is 33.7 Å². The predicted octanol–water partition coefficient (Wildman–Crippen LogP) is 5.52. The maximum Gasteiger partial charge on any atom is 0.262 e. The van der Waals surface area contributed by atoms with E-state index in [2.05, 4.69) is 31.2 Å². The number of ether oxygens (including phenoxy) is 1. The van der Waals surface area contributed by atoms with Gasteiger partial charge in [0.25, 0.3) is 5.91 Å². The van der Waals surface area contributed by atoms with E-state index >= 15 is 0 Å². The summed E-state index contributed by atoms with van der Waals surface area (Å²) in [6.45, 7) is 6.53. The maximum absolute atomic E-state index is 12.9. The maximum atomic E-state index is 12.9. The molecule has 1 saturated carbocycles. The van der Waals surface area contributed by atoms with Crippen LogP contribution in [-0.2, 0) is 5.41 Å². The monoisotopic (exact) mass is 388 g/mol. The zero-order valence-electron chi connectivity index (χ0n) is 16.5. The average molecular weight is 389 g/mol. The molecule has 146 valence electrons. The fourth-order valence-electron chi connectivity index (χ4n) is 4.06. The molecule has 0 bridgehead atoms. The highest BCUT2D eigenvalue weighted by molar-refractivity contribution is 7.99. The van der Waals surface area contributed by atoms with E-state index in [9.17, 15) is 4.79 Å². The molecule has 27 heavy (non-hydrogen) atoms. The summed E-state index contributed by atoms with van der Waals surface area (Å²) in [6.07, 6.45) is 4.67. The van der Waals surface area contributed by atoms with Crippen LogP contribution in [0.2, 0.25) is 0 Å². The van der Waals surface area contributed by atoms with Crippen LogP contribution in [0.1, 0.15) is 62.5 Å². The molecular formula is C21H28N2O3S. The summed E-state index contributed by atoms with van der Waals surface area (Å²) >= 11 is 1.61. The Morgan fingerprint density at radius 3 is 2.74 bits per heavy atom. The van der Waals surface area contributed by atoms with Crippen molar-refractivity contribution < 1.29 is 14.1 Å². The lowest BCUT2D eigenvalue weighted by Crippen LogP contribution is -2.29. The van der Waals surface area contributed by atoms with Crippen LogP contribution in [-0.4, -0.2) is 23.9 Å². The second-order valence-corrected chi connectivity index (χ2v) is 8.62. The number of carbonyl (C=O) groups excluding carboxylic acids is 1. The van der Waals surface area contributed by atoms with E-state index in [1.807, 2.05) is 18.2 Å². The Hall–Kier alpha value is -1.95. The Kier molecular flexibility index (Phi) is 6.15. The molecule has 1 amide bonds. The van der Waals surface area contributed by atoms with Gasteiger partial charge in [0.15, 0.2) is 0 Å². The molecule has 5 nitrogen and oxygen atoms in total. The van der Waals surface area contributed by atoms with Crippen molar-refractivity contribution in [3.8, 4) is 5.75 Å². The Bertz CT molecular complexity index is 794. The van der Waals surface area contributed by atoms with Crippen LogP contribution >= 0.6 is 11.8 Å². The normalized spacial score (nSPS) is 15.9. The van der Waals surface area contributed by atoms with Crippen LogP contribution in [0, 0.1) is 5.92 Å². The lowest BCUT2D eigenvalue weighted by molar-refractivity contribution is 0.101. The number of nitrogens with zero attached hydrogens (tertiary/aromatic N) is 1. The summed E-state index contributed by atoms with van der Waals surface area (Å²) < 4.78 is 10.9. The molecule has 0 aliphatic heterocycles. The van der Waals surface area contributed by atoms with Crippen LogP contribution in [0.4, 0.5) is 5.88 Å². The fourth-order valence-corrected chi connectivity index (χ4v) is 4.88. The number of aromatic nitrogens is 1. The Labute approximate surface area is 165 Å². The van der Waals surface area contributed by atoms with Crippen molar-refractivity contribution in [1.29, 1.82) is 0 Å². The van der Waals surface area contributed by atoms with Gasteiger partial charge in [-0.1, -0.05) is 44.8 Å². The predicted molar refractivity (Wildman–Crippen MR) is 109 cm³/mol. The first kappa shape index (κ1) is 19.8. The standard InChI is InChI=1S/C21H28N2O3S/c1-5-27-16-10-8-9-15(25-4)19(16)20(24)22-18-13-17(23-26-18)21(14(2)3)11-6-7-12-21/h8-10,13-14H,5-7,11-12H2,1-4H3,(H,22,24). The molecule has 1 N–H and O–H groups in total. The van der Waals surface area contributed by atoms with E-state index in [1.54, 1.807) is 24.9 Å². The zero-order valence-corrected chi connectivity index (χ0v) is 17.3. The van der Waals surface area contributed by atoms with Gasteiger partial charge in [-0.3, -0.25) is 10.1 Å². The fraction of sp³-hybridized carbons (Fsp3) is 0.524.